The van der Waals surface area contributed by atoms with Crippen LogP contribution in [-0.2, 0) is 11.3 Å². The van der Waals surface area contributed by atoms with E-state index in [9.17, 15) is 9.50 Å². The minimum atomic E-state index is -0.510. The van der Waals surface area contributed by atoms with Gasteiger partial charge in [-0.2, -0.15) is 5.10 Å². The van der Waals surface area contributed by atoms with Gasteiger partial charge in [0.05, 0.1) is 29.9 Å². The van der Waals surface area contributed by atoms with E-state index in [4.69, 9.17) is 22.1 Å². The van der Waals surface area contributed by atoms with Crippen molar-refractivity contribution < 1.29 is 14.2 Å². The second-order valence-electron chi connectivity index (χ2n) is 8.66. The fourth-order valence-corrected chi connectivity index (χ4v) is 4.90. The Balaban J connectivity index is 1.43. The van der Waals surface area contributed by atoms with Crippen LogP contribution in [0.15, 0.2) is 18.2 Å². The van der Waals surface area contributed by atoms with Crippen LogP contribution in [0, 0.1) is 23.1 Å². The van der Waals surface area contributed by atoms with Crippen molar-refractivity contribution in [2.75, 3.05) is 24.6 Å². The van der Waals surface area contributed by atoms with Gasteiger partial charge in [-0.3, -0.25) is 5.10 Å². The van der Waals surface area contributed by atoms with Crippen LogP contribution in [0.3, 0.4) is 0 Å². The maximum Gasteiger partial charge on any atom is 0.177 e. The maximum atomic E-state index is 14.0. The lowest BCUT2D eigenvalue weighted by atomic mass is 9.73. The molecule has 5 rings (SSSR count). The number of benzene rings is 1. The Hall–Kier alpha value is -2.77. The summed E-state index contributed by atoms with van der Waals surface area (Å²) in [4.78, 5) is 11.4. The summed E-state index contributed by atoms with van der Waals surface area (Å²) in [7, 11) is 0. The molecule has 2 aliphatic rings. The molecule has 4 N–H and O–H groups in total. The molecule has 2 aromatic heterocycles. The van der Waals surface area contributed by atoms with Gasteiger partial charge in [0, 0.05) is 24.5 Å². The van der Waals surface area contributed by atoms with Crippen molar-refractivity contribution in [2.24, 2.45) is 11.1 Å². The summed E-state index contributed by atoms with van der Waals surface area (Å²) < 4.78 is 19.8. The smallest absolute Gasteiger partial charge is 0.177 e. The molecule has 8 nitrogen and oxygen atoms in total. The molecule has 1 spiro atoms. The molecule has 2 atom stereocenters. The van der Waals surface area contributed by atoms with Gasteiger partial charge in [0.15, 0.2) is 17.2 Å². The van der Waals surface area contributed by atoms with E-state index in [-0.39, 0.29) is 34.8 Å². The topological polar surface area (TPSA) is 113 Å². The monoisotopic (exact) mass is 470 g/mol. The van der Waals surface area contributed by atoms with Gasteiger partial charge in [0.2, 0.25) is 0 Å². The largest absolute Gasteiger partial charge is 0.390 e. The Labute approximate surface area is 195 Å². The van der Waals surface area contributed by atoms with Gasteiger partial charge in [-0.1, -0.05) is 23.6 Å². The number of anilines is 1. The molecule has 1 aromatic carbocycles. The fourth-order valence-electron chi connectivity index (χ4n) is 4.69. The average Bonchev–Trinajstić information content (AvgIpc) is 3.34. The highest BCUT2D eigenvalue weighted by Gasteiger charge is 2.47. The number of aliphatic hydroxyl groups excluding tert-OH is 1. The van der Waals surface area contributed by atoms with Crippen molar-refractivity contribution in [1.82, 2.24) is 20.2 Å². The van der Waals surface area contributed by atoms with Crippen LogP contribution in [-0.4, -0.2) is 57.1 Å². The summed E-state index contributed by atoms with van der Waals surface area (Å²) in [6.07, 6.45) is 1.82. The zero-order chi connectivity index (χ0) is 23.2. The van der Waals surface area contributed by atoms with Crippen molar-refractivity contribution in [3.05, 3.63) is 46.0 Å². The van der Waals surface area contributed by atoms with Crippen molar-refractivity contribution in [3.8, 4) is 11.8 Å². The number of halogens is 2. The first kappa shape index (κ1) is 22.0. The van der Waals surface area contributed by atoms with Crippen LogP contribution < -0.4 is 10.6 Å². The Morgan fingerprint density at radius 2 is 2.12 bits per heavy atom. The number of nitrogens with zero attached hydrogens (tertiary/aromatic N) is 4. The second kappa shape index (κ2) is 8.54. The lowest BCUT2D eigenvalue weighted by Gasteiger charge is -2.41. The molecule has 0 bridgehead atoms. The summed E-state index contributed by atoms with van der Waals surface area (Å²) in [5, 5.41) is 17.2. The number of rotatable bonds is 2. The molecule has 0 radical (unpaired) electrons. The van der Waals surface area contributed by atoms with Crippen molar-refractivity contribution in [1.29, 1.82) is 0 Å². The molecule has 2 fully saturated rings. The van der Waals surface area contributed by atoms with E-state index >= 15 is 0 Å². The number of ether oxygens (including phenoxy) is 1. The van der Waals surface area contributed by atoms with Gasteiger partial charge in [-0.05, 0) is 37.8 Å². The van der Waals surface area contributed by atoms with Crippen molar-refractivity contribution in [2.45, 2.75) is 38.5 Å². The molecule has 0 unspecified atom stereocenters. The minimum absolute atomic E-state index is 0.0159. The number of aliphatic hydroxyl groups is 1. The normalized spacial score (nSPS) is 22.0. The summed E-state index contributed by atoms with van der Waals surface area (Å²) in [5.41, 5.74) is 8.10. The third kappa shape index (κ3) is 3.83. The number of aromatic amines is 1. The minimum Gasteiger partial charge on any atom is -0.390 e. The molecule has 0 amide bonds. The molecule has 2 saturated heterocycles. The van der Waals surface area contributed by atoms with E-state index in [0.29, 0.717) is 35.0 Å². The molecule has 2 aliphatic heterocycles. The van der Waals surface area contributed by atoms with E-state index in [2.05, 4.69) is 36.9 Å². The van der Waals surface area contributed by atoms with Gasteiger partial charge >= 0.3 is 0 Å². The van der Waals surface area contributed by atoms with Crippen LogP contribution >= 0.6 is 11.6 Å². The first-order valence-corrected chi connectivity index (χ1v) is 11.2. The first-order valence-electron chi connectivity index (χ1n) is 10.9. The number of fused-ring (bicyclic) bond motifs is 1. The molecule has 172 valence electrons. The highest BCUT2D eigenvalue weighted by atomic mass is 35.5. The number of nitrogens with one attached hydrogen (secondary N) is 1. The summed E-state index contributed by atoms with van der Waals surface area (Å²) >= 11 is 6.05. The van der Waals surface area contributed by atoms with Crippen molar-refractivity contribution >= 4 is 28.6 Å². The van der Waals surface area contributed by atoms with E-state index in [1.54, 1.807) is 6.07 Å². The first-order chi connectivity index (χ1) is 15.9. The second-order valence-corrected chi connectivity index (χ2v) is 9.07. The van der Waals surface area contributed by atoms with Gasteiger partial charge in [-0.25, -0.2) is 14.4 Å². The third-order valence-corrected chi connectivity index (χ3v) is 7.08. The molecule has 0 aliphatic carbocycles. The number of H-pyrrole nitrogens is 1. The van der Waals surface area contributed by atoms with Crippen LogP contribution in [0.2, 0.25) is 5.02 Å². The van der Waals surface area contributed by atoms with Crippen LogP contribution in [0.5, 0.6) is 0 Å². The zero-order valence-corrected chi connectivity index (χ0v) is 18.9. The number of hydrogen-bond donors (Lipinski definition) is 3. The van der Waals surface area contributed by atoms with Gasteiger partial charge in [-0.15, -0.1) is 0 Å². The van der Waals surface area contributed by atoms with Crippen LogP contribution in [0.1, 0.15) is 36.7 Å². The van der Waals surface area contributed by atoms with Gasteiger partial charge in [0.25, 0.3) is 0 Å². The molecule has 4 heterocycles. The highest BCUT2D eigenvalue weighted by Crippen LogP contribution is 2.42. The van der Waals surface area contributed by atoms with Gasteiger partial charge in [0.1, 0.15) is 17.0 Å². The molecule has 33 heavy (non-hydrogen) atoms. The summed E-state index contributed by atoms with van der Waals surface area (Å²) in [5.74, 6) is 5.64. The van der Waals surface area contributed by atoms with E-state index in [1.807, 2.05) is 6.92 Å². The molecular formula is C23H24ClFN6O2. The third-order valence-electron chi connectivity index (χ3n) is 6.77. The van der Waals surface area contributed by atoms with Crippen molar-refractivity contribution in [3.63, 3.8) is 0 Å². The molecule has 0 saturated carbocycles. The SMILES string of the molecule is C[C@@H]1OCC2(CCN(c3nc4[nH]nc(C#Cc5c(F)cccc5Cl)c4nc3CO)CC2)[C@@H]1N. The Bertz CT molecular complexity index is 1240. The lowest BCUT2D eigenvalue weighted by Crippen LogP contribution is -2.51. The summed E-state index contributed by atoms with van der Waals surface area (Å²) in [6, 6.07) is 4.40. The Morgan fingerprint density at radius 1 is 1.33 bits per heavy atom. The Morgan fingerprint density at radius 3 is 2.79 bits per heavy atom. The van der Waals surface area contributed by atoms with Crippen LogP contribution in [0.25, 0.3) is 11.2 Å². The molecule has 10 heteroatoms. The average molecular weight is 471 g/mol. The lowest BCUT2D eigenvalue weighted by molar-refractivity contribution is 0.0973. The zero-order valence-electron chi connectivity index (χ0n) is 18.1. The standard InChI is InChI=1S/C23H24ClFN6O2/c1-13-20(26)23(12-33-13)7-9-31(10-8-23)22-18(11-32)27-19-17(29-30-21(19)28-22)6-5-14-15(24)3-2-4-16(14)25/h2-4,13,20,32H,7-12,26H2,1H3,(H,28,29,30)/t13-,20+/m0/s1. The molecule has 3 aromatic rings. The predicted octanol–water partition coefficient (Wildman–Crippen LogP) is 2.37. The fraction of sp³-hybridized carbons (Fsp3) is 0.435. The Kier molecular flexibility index (Phi) is 5.70. The number of hydrogen-bond acceptors (Lipinski definition) is 7. The van der Waals surface area contributed by atoms with Gasteiger partial charge < -0.3 is 20.5 Å². The number of nitrogens with two attached hydrogens (primary N) is 1. The predicted molar refractivity (Wildman–Crippen MR) is 122 cm³/mol. The van der Waals surface area contributed by atoms with E-state index in [1.165, 1.54) is 12.1 Å². The van der Waals surface area contributed by atoms with Crippen LogP contribution in [0.4, 0.5) is 10.2 Å². The maximum absolute atomic E-state index is 14.0. The van der Waals surface area contributed by atoms with E-state index < -0.39 is 5.82 Å². The summed E-state index contributed by atoms with van der Waals surface area (Å²) in [6.45, 7) is 3.90. The number of aromatic nitrogens is 4. The highest BCUT2D eigenvalue weighted by molar-refractivity contribution is 6.31. The molecular weight excluding hydrogens is 447 g/mol. The van der Waals surface area contributed by atoms with E-state index in [0.717, 1.165) is 25.9 Å². The quantitative estimate of drug-likeness (QED) is 0.493. The number of piperidine rings is 1.